The third-order valence-corrected chi connectivity index (χ3v) is 2.96. The molecule has 1 N–H and O–H groups in total. The Balaban J connectivity index is 2.98. The molecule has 1 rings (SSSR count). The lowest BCUT2D eigenvalue weighted by molar-refractivity contribution is 0.563. The molecule has 1 unspecified atom stereocenters. The van der Waals surface area contributed by atoms with Gasteiger partial charge in [0.2, 0.25) is 15.4 Å². The molecule has 6 heteroatoms. The van der Waals surface area contributed by atoms with E-state index in [-0.39, 0.29) is 4.34 Å². The highest BCUT2D eigenvalue weighted by atomic mass is 79.9. The molecule has 1 aromatic heterocycles. The Bertz CT molecular complexity index is 235. The zero-order valence-electron chi connectivity index (χ0n) is 4.07. The van der Waals surface area contributed by atoms with Crippen molar-refractivity contribution >= 4 is 38.3 Å². The molecule has 9 heavy (non-hydrogen) atoms. The molecule has 50 valence electrons. The summed E-state index contributed by atoms with van der Waals surface area (Å²) in [5.74, 6) is 0. The van der Waals surface area contributed by atoms with Crippen LogP contribution in [-0.4, -0.2) is 13.7 Å². The maximum absolute atomic E-state index is 10.3. The van der Waals surface area contributed by atoms with Crippen LogP contribution in [0.15, 0.2) is 14.3 Å². The number of hydrogen-bond acceptors (Lipinski definition) is 3. The van der Waals surface area contributed by atoms with Gasteiger partial charge in [-0.15, -0.1) is 0 Å². The first-order valence-corrected chi connectivity index (χ1v) is 4.64. The first kappa shape index (κ1) is 7.33. The first-order valence-electron chi connectivity index (χ1n) is 1.92. The van der Waals surface area contributed by atoms with Crippen LogP contribution in [0, 0.1) is 0 Å². The van der Waals surface area contributed by atoms with Crippen molar-refractivity contribution in [3.8, 4) is 0 Å². The van der Waals surface area contributed by atoms with Crippen LogP contribution >= 0.6 is 27.3 Å². The minimum absolute atomic E-state index is 0.224. The van der Waals surface area contributed by atoms with Gasteiger partial charge in [0.05, 0.1) is 9.98 Å². The number of thiazole rings is 1. The summed E-state index contributed by atoms with van der Waals surface area (Å²) < 4.78 is 19.7. The average molecular weight is 228 g/mol. The molecule has 1 heterocycles. The Labute approximate surface area is 66.5 Å². The number of rotatable bonds is 1. The van der Waals surface area contributed by atoms with Crippen molar-refractivity contribution in [2.45, 2.75) is 4.34 Å². The van der Waals surface area contributed by atoms with E-state index >= 15 is 0 Å². The summed E-state index contributed by atoms with van der Waals surface area (Å²) in [5, 5.41) is 0. The van der Waals surface area contributed by atoms with E-state index in [1.165, 1.54) is 6.20 Å². The zero-order chi connectivity index (χ0) is 6.85. The van der Waals surface area contributed by atoms with Crippen molar-refractivity contribution in [3.05, 3.63) is 9.98 Å². The molecule has 0 spiro atoms. The van der Waals surface area contributed by atoms with Crippen LogP contribution < -0.4 is 0 Å². The summed E-state index contributed by atoms with van der Waals surface area (Å²) >= 11 is 2.33. The van der Waals surface area contributed by atoms with Crippen LogP contribution in [0.25, 0.3) is 0 Å². The van der Waals surface area contributed by atoms with Gasteiger partial charge in [0.25, 0.3) is 0 Å². The molecule has 0 aliphatic rings. The molecule has 1 aromatic rings. The van der Waals surface area contributed by atoms with E-state index in [0.29, 0.717) is 0 Å². The van der Waals surface area contributed by atoms with Gasteiger partial charge in [0.1, 0.15) is 0 Å². The van der Waals surface area contributed by atoms with Crippen LogP contribution in [0.4, 0.5) is 0 Å². The Kier molecular flexibility index (Phi) is 2.34. The highest BCUT2D eigenvalue weighted by Gasteiger charge is 2.03. The molecular weight excluding hydrogens is 226 g/mol. The van der Waals surface area contributed by atoms with E-state index in [9.17, 15) is 4.21 Å². The molecule has 0 saturated heterocycles. The van der Waals surface area contributed by atoms with E-state index in [1.807, 2.05) is 0 Å². The predicted molar refractivity (Wildman–Crippen MR) is 38.9 cm³/mol. The van der Waals surface area contributed by atoms with Crippen molar-refractivity contribution in [1.29, 1.82) is 0 Å². The number of hydrogen-bond donors (Lipinski definition) is 1. The zero-order valence-corrected chi connectivity index (χ0v) is 7.29. The summed E-state index contributed by atoms with van der Waals surface area (Å²) in [5.41, 5.74) is 0. The lowest BCUT2D eigenvalue weighted by Crippen LogP contribution is -1.83. The van der Waals surface area contributed by atoms with E-state index in [2.05, 4.69) is 20.9 Å². The number of nitrogens with zero attached hydrogens (tertiary/aromatic N) is 1. The van der Waals surface area contributed by atoms with Crippen LogP contribution in [0.2, 0.25) is 0 Å². The Morgan fingerprint density at radius 1 is 1.89 bits per heavy atom. The van der Waals surface area contributed by atoms with Crippen molar-refractivity contribution in [2.24, 2.45) is 0 Å². The second kappa shape index (κ2) is 2.87. The predicted octanol–water partition coefficient (Wildman–Crippen LogP) is 1.49. The second-order valence-corrected chi connectivity index (χ2v) is 4.73. The van der Waals surface area contributed by atoms with Gasteiger partial charge in [-0.25, -0.2) is 9.19 Å². The smallest absolute Gasteiger partial charge is 0.216 e. The lowest BCUT2D eigenvalue weighted by Gasteiger charge is -1.78. The SMILES string of the molecule is O=S(O)c1ncc(Br)s1. The third-order valence-electron chi connectivity index (χ3n) is 0.606. The summed E-state index contributed by atoms with van der Waals surface area (Å²) in [6.07, 6.45) is 1.49. The van der Waals surface area contributed by atoms with Crippen LogP contribution in [0.5, 0.6) is 0 Å². The molecule has 0 fully saturated rings. The second-order valence-electron chi connectivity index (χ2n) is 1.18. The van der Waals surface area contributed by atoms with Crippen LogP contribution in [0.1, 0.15) is 0 Å². The summed E-state index contributed by atoms with van der Waals surface area (Å²) in [6.45, 7) is 0. The fourth-order valence-electron chi connectivity index (χ4n) is 0.320. The van der Waals surface area contributed by atoms with E-state index < -0.39 is 11.1 Å². The standard InChI is InChI=1S/C3H2BrNO2S2/c4-2-1-5-3(8-2)9(6)7/h1H,(H,6,7). The molecule has 0 aliphatic heterocycles. The average Bonchev–Trinajstić information content (AvgIpc) is 2.14. The first-order chi connectivity index (χ1) is 4.20. The Morgan fingerprint density at radius 2 is 2.56 bits per heavy atom. The molecule has 0 bridgehead atoms. The molecule has 1 atom stereocenters. The Morgan fingerprint density at radius 3 is 2.78 bits per heavy atom. The van der Waals surface area contributed by atoms with Gasteiger partial charge in [0.15, 0.2) is 0 Å². The lowest BCUT2D eigenvalue weighted by atomic mass is 11.0. The molecular formula is C3H2BrNO2S2. The van der Waals surface area contributed by atoms with E-state index in [0.717, 1.165) is 15.1 Å². The molecule has 0 aliphatic carbocycles. The number of halogens is 1. The topological polar surface area (TPSA) is 50.2 Å². The highest BCUT2D eigenvalue weighted by molar-refractivity contribution is 9.11. The van der Waals surface area contributed by atoms with Gasteiger partial charge in [-0.3, -0.25) is 0 Å². The number of aromatic nitrogens is 1. The largest absolute Gasteiger partial charge is 0.300 e. The normalized spacial score (nSPS) is 13.6. The van der Waals surface area contributed by atoms with Crippen molar-refractivity contribution in [3.63, 3.8) is 0 Å². The highest BCUT2D eigenvalue weighted by Crippen LogP contribution is 2.20. The van der Waals surface area contributed by atoms with E-state index in [1.54, 1.807) is 0 Å². The fourth-order valence-corrected chi connectivity index (χ4v) is 2.28. The van der Waals surface area contributed by atoms with Crippen LogP contribution in [-0.2, 0) is 11.1 Å². The van der Waals surface area contributed by atoms with Crippen molar-refractivity contribution < 1.29 is 8.76 Å². The summed E-state index contributed by atoms with van der Waals surface area (Å²) in [6, 6.07) is 0. The van der Waals surface area contributed by atoms with Crippen molar-refractivity contribution in [2.75, 3.05) is 0 Å². The van der Waals surface area contributed by atoms with Gasteiger partial charge in [-0.05, 0) is 15.9 Å². The quantitative estimate of drug-likeness (QED) is 0.740. The third kappa shape index (κ3) is 1.82. The maximum Gasteiger partial charge on any atom is 0.216 e. The van der Waals surface area contributed by atoms with Gasteiger partial charge < -0.3 is 4.55 Å². The maximum atomic E-state index is 10.3. The molecule has 3 nitrogen and oxygen atoms in total. The monoisotopic (exact) mass is 227 g/mol. The summed E-state index contributed by atoms with van der Waals surface area (Å²) in [4.78, 5) is 3.64. The molecule has 0 amide bonds. The van der Waals surface area contributed by atoms with Gasteiger partial charge in [0, 0.05) is 0 Å². The molecule has 0 aromatic carbocycles. The van der Waals surface area contributed by atoms with Crippen molar-refractivity contribution in [1.82, 2.24) is 4.98 Å². The minimum Gasteiger partial charge on any atom is -0.300 e. The minimum atomic E-state index is -1.93. The summed E-state index contributed by atoms with van der Waals surface area (Å²) in [7, 11) is 0. The van der Waals surface area contributed by atoms with Gasteiger partial charge in [-0.1, -0.05) is 11.3 Å². The molecule has 0 saturated carbocycles. The Hall–Kier alpha value is 0.220. The van der Waals surface area contributed by atoms with E-state index in [4.69, 9.17) is 4.55 Å². The fraction of sp³-hybridized carbons (Fsp3) is 0. The van der Waals surface area contributed by atoms with Gasteiger partial charge in [-0.2, -0.15) is 0 Å². The van der Waals surface area contributed by atoms with Crippen LogP contribution in [0.3, 0.4) is 0 Å². The molecule has 0 radical (unpaired) electrons. The van der Waals surface area contributed by atoms with Gasteiger partial charge >= 0.3 is 0 Å².